The van der Waals surface area contributed by atoms with Gasteiger partial charge in [-0.1, -0.05) is 11.6 Å². The summed E-state index contributed by atoms with van der Waals surface area (Å²) in [5, 5.41) is 7.56. The zero-order valence-electron chi connectivity index (χ0n) is 10.8. The van der Waals surface area contributed by atoms with Crippen LogP contribution in [0.3, 0.4) is 0 Å². The number of aromatic nitrogens is 2. The van der Waals surface area contributed by atoms with E-state index in [1.807, 2.05) is 13.8 Å². The van der Waals surface area contributed by atoms with E-state index in [1.54, 1.807) is 29.1 Å². The summed E-state index contributed by atoms with van der Waals surface area (Å²) in [7, 11) is 0. The van der Waals surface area contributed by atoms with Crippen molar-refractivity contribution in [2.45, 2.75) is 13.8 Å². The normalized spacial score (nSPS) is 10.5. The van der Waals surface area contributed by atoms with Gasteiger partial charge in [0.1, 0.15) is 0 Å². The van der Waals surface area contributed by atoms with Gasteiger partial charge in [-0.2, -0.15) is 5.10 Å². The third-order valence-corrected chi connectivity index (χ3v) is 3.08. The number of benzene rings is 1. The monoisotopic (exact) mass is 278 g/mol. The second-order valence-corrected chi connectivity index (χ2v) is 4.55. The van der Waals surface area contributed by atoms with Crippen LogP contribution in [0.1, 0.15) is 23.0 Å². The number of nitrogens with two attached hydrogens (primary N) is 1. The highest BCUT2D eigenvalue weighted by molar-refractivity contribution is 6.31. The average Bonchev–Trinajstić information content (AvgIpc) is 2.69. The zero-order valence-corrected chi connectivity index (χ0v) is 11.5. The van der Waals surface area contributed by atoms with E-state index in [9.17, 15) is 4.79 Å². The fraction of sp³-hybridized carbons (Fsp3) is 0.231. The molecule has 0 radical (unpaired) electrons. The van der Waals surface area contributed by atoms with Crippen molar-refractivity contribution in [2.24, 2.45) is 0 Å². The number of carbonyl (C=O) groups is 1. The number of halogens is 1. The van der Waals surface area contributed by atoms with E-state index < -0.39 is 0 Å². The van der Waals surface area contributed by atoms with Crippen LogP contribution in [0, 0.1) is 6.92 Å². The Bertz CT molecular complexity index is 602. The molecule has 2 rings (SSSR count). The molecule has 1 amide bonds. The lowest BCUT2D eigenvalue weighted by Gasteiger charge is -2.08. The van der Waals surface area contributed by atoms with Crippen LogP contribution in [0.25, 0.3) is 5.69 Å². The molecule has 0 saturated heterocycles. The van der Waals surface area contributed by atoms with Crippen LogP contribution >= 0.6 is 11.6 Å². The van der Waals surface area contributed by atoms with Crippen molar-refractivity contribution < 1.29 is 4.79 Å². The number of aryl methyl sites for hydroxylation is 1. The predicted molar refractivity (Wildman–Crippen MR) is 75.7 cm³/mol. The van der Waals surface area contributed by atoms with Crippen molar-refractivity contribution in [2.75, 3.05) is 12.3 Å². The van der Waals surface area contributed by atoms with Crippen LogP contribution in [0.15, 0.2) is 24.4 Å². The lowest BCUT2D eigenvalue weighted by Crippen LogP contribution is -2.22. The first-order valence-corrected chi connectivity index (χ1v) is 6.30. The number of anilines is 1. The van der Waals surface area contributed by atoms with Gasteiger partial charge in [0.15, 0.2) is 0 Å². The first-order valence-electron chi connectivity index (χ1n) is 5.92. The van der Waals surface area contributed by atoms with Gasteiger partial charge in [-0.05, 0) is 32.0 Å². The highest BCUT2D eigenvalue weighted by Gasteiger charge is 2.10. The molecule has 0 atom stereocenters. The first kappa shape index (κ1) is 13.4. The largest absolute Gasteiger partial charge is 0.397 e. The molecule has 0 aliphatic carbocycles. The maximum absolute atomic E-state index is 11.7. The summed E-state index contributed by atoms with van der Waals surface area (Å²) in [4.78, 5) is 11.7. The molecule has 0 aliphatic heterocycles. The van der Waals surface area contributed by atoms with Gasteiger partial charge in [0, 0.05) is 18.3 Å². The Morgan fingerprint density at radius 3 is 2.79 bits per heavy atom. The van der Waals surface area contributed by atoms with Gasteiger partial charge in [-0.25, -0.2) is 4.68 Å². The third-order valence-electron chi connectivity index (χ3n) is 2.71. The molecule has 1 aromatic carbocycles. The Balaban J connectivity index is 2.36. The van der Waals surface area contributed by atoms with Crippen molar-refractivity contribution in [3.63, 3.8) is 0 Å². The second-order valence-electron chi connectivity index (χ2n) is 4.14. The van der Waals surface area contributed by atoms with Crippen LogP contribution in [0.5, 0.6) is 0 Å². The predicted octanol–water partition coefficient (Wildman–Crippen LogP) is 2.17. The van der Waals surface area contributed by atoms with Gasteiger partial charge in [-0.3, -0.25) is 4.79 Å². The van der Waals surface area contributed by atoms with Crippen molar-refractivity contribution in [3.05, 3.63) is 40.7 Å². The number of nitrogens with one attached hydrogen (secondary N) is 1. The Morgan fingerprint density at radius 2 is 2.26 bits per heavy atom. The highest BCUT2D eigenvalue weighted by Crippen LogP contribution is 2.21. The zero-order chi connectivity index (χ0) is 14.0. The molecule has 1 aromatic heterocycles. The average molecular weight is 279 g/mol. The van der Waals surface area contributed by atoms with Crippen LogP contribution < -0.4 is 11.1 Å². The summed E-state index contributed by atoms with van der Waals surface area (Å²) in [5.41, 5.74) is 8.39. The SMILES string of the molecule is CCNC(=O)c1ccc(-n2cc(Cl)c(C)n2)c(N)c1. The molecular weight excluding hydrogens is 264 g/mol. The topological polar surface area (TPSA) is 72.9 Å². The minimum absolute atomic E-state index is 0.143. The molecule has 0 fully saturated rings. The van der Waals surface area contributed by atoms with Crippen molar-refractivity contribution in [3.8, 4) is 5.69 Å². The molecular formula is C13H15ClN4O. The Kier molecular flexibility index (Phi) is 3.76. The number of nitrogen functional groups attached to an aromatic ring is 1. The van der Waals surface area contributed by atoms with Crippen LogP contribution in [-0.4, -0.2) is 22.2 Å². The summed E-state index contributed by atoms with van der Waals surface area (Å²) in [5.74, 6) is -0.143. The molecule has 0 unspecified atom stereocenters. The number of carbonyl (C=O) groups excluding carboxylic acids is 1. The molecule has 0 saturated carbocycles. The third kappa shape index (κ3) is 2.71. The second kappa shape index (κ2) is 5.32. The minimum Gasteiger partial charge on any atom is -0.397 e. The summed E-state index contributed by atoms with van der Waals surface area (Å²) in [6.07, 6.45) is 1.69. The van der Waals surface area contributed by atoms with Crippen molar-refractivity contribution >= 4 is 23.2 Å². The van der Waals surface area contributed by atoms with Gasteiger partial charge in [-0.15, -0.1) is 0 Å². The van der Waals surface area contributed by atoms with E-state index in [-0.39, 0.29) is 5.91 Å². The Morgan fingerprint density at radius 1 is 1.53 bits per heavy atom. The molecule has 100 valence electrons. The summed E-state index contributed by atoms with van der Waals surface area (Å²) in [6.45, 7) is 4.26. The number of rotatable bonds is 3. The number of hydrogen-bond donors (Lipinski definition) is 2. The van der Waals surface area contributed by atoms with E-state index in [0.717, 1.165) is 5.69 Å². The van der Waals surface area contributed by atoms with Crippen LogP contribution in [0.4, 0.5) is 5.69 Å². The molecule has 0 bridgehead atoms. The molecule has 19 heavy (non-hydrogen) atoms. The maximum atomic E-state index is 11.7. The quantitative estimate of drug-likeness (QED) is 0.845. The maximum Gasteiger partial charge on any atom is 0.251 e. The van der Waals surface area contributed by atoms with Gasteiger partial charge in [0.2, 0.25) is 0 Å². The number of hydrogen-bond acceptors (Lipinski definition) is 3. The first-order chi connectivity index (χ1) is 9.02. The molecule has 6 heteroatoms. The van der Waals surface area contributed by atoms with Gasteiger partial charge >= 0.3 is 0 Å². The van der Waals surface area contributed by atoms with Crippen LogP contribution in [-0.2, 0) is 0 Å². The Hall–Kier alpha value is -2.01. The molecule has 0 spiro atoms. The van der Waals surface area contributed by atoms with Gasteiger partial charge in [0.25, 0.3) is 5.91 Å². The van der Waals surface area contributed by atoms with E-state index in [1.165, 1.54) is 0 Å². The summed E-state index contributed by atoms with van der Waals surface area (Å²) >= 11 is 5.97. The van der Waals surface area contributed by atoms with E-state index >= 15 is 0 Å². The standard InChI is InChI=1S/C13H15ClN4O/c1-3-16-13(19)9-4-5-12(11(15)6-9)18-7-10(14)8(2)17-18/h4-7H,3,15H2,1-2H3,(H,16,19). The van der Waals surface area contributed by atoms with E-state index in [2.05, 4.69) is 10.4 Å². The van der Waals surface area contributed by atoms with E-state index in [0.29, 0.717) is 28.5 Å². The van der Waals surface area contributed by atoms with Crippen LogP contribution in [0.2, 0.25) is 5.02 Å². The molecule has 5 nitrogen and oxygen atoms in total. The van der Waals surface area contributed by atoms with E-state index in [4.69, 9.17) is 17.3 Å². The number of nitrogens with zero attached hydrogens (tertiary/aromatic N) is 2. The summed E-state index contributed by atoms with van der Waals surface area (Å²) in [6, 6.07) is 5.09. The van der Waals surface area contributed by atoms with Crippen molar-refractivity contribution in [1.82, 2.24) is 15.1 Å². The fourth-order valence-corrected chi connectivity index (χ4v) is 1.86. The molecule has 2 aromatic rings. The number of amides is 1. The van der Waals surface area contributed by atoms with Crippen molar-refractivity contribution in [1.29, 1.82) is 0 Å². The fourth-order valence-electron chi connectivity index (χ4n) is 1.73. The minimum atomic E-state index is -0.143. The lowest BCUT2D eigenvalue weighted by molar-refractivity contribution is 0.0956. The molecule has 0 aliphatic rings. The molecule has 3 N–H and O–H groups in total. The lowest BCUT2D eigenvalue weighted by atomic mass is 10.1. The van der Waals surface area contributed by atoms with Gasteiger partial charge < -0.3 is 11.1 Å². The smallest absolute Gasteiger partial charge is 0.251 e. The highest BCUT2D eigenvalue weighted by atomic mass is 35.5. The summed E-state index contributed by atoms with van der Waals surface area (Å²) < 4.78 is 1.61. The van der Waals surface area contributed by atoms with Gasteiger partial charge in [0.05, 0.1) is 22.1 Å². The molecule has 1 heterocycles. The Labute approximate surface area is 116 Å².